The molecule has 0 N–H and O–H groups in total. The highest BCUT2D eigenvalue weighted by Crippen LogP contribution is 2.33. The van der Waals surface area contributed by atoms with Crippen LogP contribution in [0.4, 0.5) is 5.69 Å². The predicted octanol–water partition coefficient (Wildman–Crippen LogP) is 5.01. The minimum Gasteiger partial charge on any atom is -0.457 e. The molecule has 0 spiro atoms. The summed E-state index contributed by atoms with van der Waals surface area (Å²) in [6.45, 7) is 1.43. The molecule has 0 radical (unpaired) electrons. The summed E-state index contributed by atoms with van der Waals surface area (Å²) in [4.78, 5) is 21.7. The van der Waals surface area contributed by atoms with E-state index in [1.807, 2.05) is 0 Å². The molecule has 0 heterocycles. The Morgan fingerprint density at radius 2 is 2.00 bits per heavy atom. The van der Waals surface area contributed by atoms with Gasteiger partial charge in [-0.1, -0.05) is 27.5 Å². The number of benzene rings is 2. The van der Waals surface area contributed by atoms with Crippen LogP contribution in [0.2, 0.25) is 5.02 Å². The van der Waals surface area contributed by atoms with Gasteiger partial charge in [-0.3, -0.25) is 14.9 Å². The predicted molar refractivity (Wildman–Crippen MR) is 82.3 cm³/mol. The van der Waals surface area contributed by atoms with Crippen LogP contribution in [0, 0.1) is 10.1 Å². The molecule has 2 aromatic rings. The van der Waals surface area contributed by atoms with E-state index in [0.717, 1.165) is 4.47 Å². The highest BCUT2D eigenvalue weighted by molar-refractivity contribution is 9.10. The molecule has 0 aliphatic heterocycles. The van der Waals surface area contributed by atoms with Gasteiger partial charge in [0, 0.05) is 16.6 Å². The number of carbonyl (C=O) groups excluding carboxylic acids is 1. The van der Waals surface area contributed by atoms with Crippen molar-refractivity contribution in [2.24, 2.45) is 0 Å². The lowest BCUT2D eigenvalue weighted by molar-refractivity contribution is -0.384. The van der Waals surface area contributed by atoms with Crippen molar-refractivity contribution in [2.75, 3.05) is 0 Å². The summed E-state index contributed by atoms with van der Waals surface area (Å²) in [6, 6.07) is 9.02. The van der Waals surface area contributed by atoms with E-state index in [4.69, 9.17) is 16.3 Å². The summed E-state index contributed by atoms with van der Waals surface area (Å²) >= 11 is 9.12. The van der Waals surface area contributed by atoms with Crippen LogP contribution < -0.4 is 4.74 Å². The molecule has 2 rings (SSSR count). The molecule has 0 unspecified atom stereocenters. The summed E-state index contributed by atoms with van der Waals surface area (Å²) in [5.74, 6) is 0.513. The zero-order valence-corrected chi connectivity index (χ0v) is 13.1. The quantitative estimate of drug-likeness (QED) is 0.431. The average Bonchev–Trinajstić information content (AvgIpc) is 2.37. The van der Waals surface area contributed by atoms with E-state index in [1.165, 1.54) is 25.1 Å². The third-order valence-electron chi connectivity index (χ3n) is 2.67. The van der Waals surface area contributed by atoms with Crippen molar-refractivity contribution in [3.05, 3.63) is 61.6 Å². The molecule has 0 aliphatic rings. The van der Waals surface area contributed by atoms with Gasteiger partial charge >= 0.3 is 0 Å². The van der Waals surface area contributed by atoms with Crippen molar-refractivity contribution in [1.82, 2.24) is 0 Å². The third kappa shape index (κ3) is 3.59. The Morgan fingerprint density at radius 3 is 2.57 bits per heavy atom. The number of hydrogen-bond donors (Lipinski definition) is 0. The molecular weight excluding hydrogens is 362 g/mol. The van der Waals surface area contributed by atoms with Gasteiger partial charge in [0.15, 0.2) is 5.78 Å². The van der Waals surface area contributed by atoms with E-state index in [9.17, 15) is 14.9 Å². The van der Waals surface area contributed by atoms with Crippen LogP contribution in [-0.4, -0.2) is 10.7 Å². The zero-order valence-electron chi connectivity index (χ0n) is 10.8. The Labute approximate surface area is 133 Å². The smallest absolute Gasteiger partial charge is 0.288 e. The number of nitro groups is 1. The van der Waals surface area contributed by atoms with E-state index in [1.54, 1.807) is 18.2 Å². The van der Waals surface area contributed by atoms with Crippen LogP contribution in [0.25, 0.3) is 0 Å². The average molecular weight is 371 g/mol. The Kier molecular flexibility index (Phi) is 4.59. The van der Waals surface area contributed by atoms with Crippen molar-refractivity contribution < 1.29 is 14.5 Å². The van der Waals surface area contributed by atoms with Gasteiger partial charge in [0.05, 0.1) is 10.5 Å². The monoisotopic (exact) mass is 369 g/mol. The van der Waals surface area contributed by atoms with E-state index < -0.39 is 4.92 Å². The minimum absolute atomic E-state index is 0.0307. The number of hydrogen-bond acceptors (Lipinski definition) is 4. The van der Waals surface area contributed by atoms with Crippen LogP contribution in [-0.2, 0) is 0 Å². The number of rotatable bonds is 4. The molecule has 5 nitrogen and oxygen atoms in total. The maximum Gasteiger partial charge on any atom is 0.288 e. The van der Waals surface area contributed by atoms with Crippen molar-refractivity contribution in [1.29, 1.82) is 0 Å². The van der Waals surface area contributed by atoms with E-state index >= 15 is 0 Å². The Balaban J connectivity index is 2.38. The molecule has 0 aromatic heterocycles. The van der Waals surface area contributed by atoms with Gasteiger partial charge in [-0.15, -0.1) is 0 Å². The Hall–Kier alpha value is -1.92. The number of Topliss-reactive ketones (excluding diaryl/α,β-unsaturated/α-hetero) is 1. The molecule has 108 valence electrons. The van der Waals surface area contributed by atoms with Crippen molar-refractivity contribution in [2.45, 2.75) is 6.92 Å². The zero-order chi connectivity index (χ0) is 15.6. The molecule has 0 amide bonds. The molecule has 0 saturated heterocycles. The molecule has 2 aromatic carbocycles. The summed E-state index contributed by atoms with van der Waals surface area (Å²) in [5, 5.41) is 10.7. The normalized spacial score (nSPS) is 10.2. The fraction of sp³-hybridized carbons (Fsp3) is 0.0714. The van der Waals surface area contributed by atoms with Gasteiger partial charge in [0.2, 0.25) is 0 Å². The van der Waals surface area contributed by atoms with Crippen molar-refractivity contribution >= 4 is 39.0 Å². The van der Waals surface area contributed by atoms with Gasteiger partial charge < -0.3 is 4.74 Å². The molecular formula is C14H9BrClNO4. The van der Waals surface area contributed by atoms with Gasteiger partial charge in [-0.05, 0) is 31.2 Å². The largest absolute Gasteiger partial charge is 0.457 e. The first kappa shape index (κ1) is 15.5. The van der Waals surface area contributed by atoms with Crippen molar-refractivity contribution in [3.63, 3.8) is 0 Å². The van der Waals surface area contributed by atoms with Crippen LogP contribution in [0.3, 0.4) is 0 Å². The maximum absolute atomic E-state index is 11.6. The topological polar surface area (TPSA) is 69.4 Å². The second kappa shape index (κ2) is 6.24. The molecule has 0 bridgehead atoms. The van der Waals surface area contributed by atoms with Gasteiger partial charge in [-0.2, -0.15) is 0 Å². The maximum atomic E-state index is 11.6. The van der Waals surface area contributed by atoms with Gasteiger partial charge in [0.25, 0.3) is 5.69 Å². The highest BCUT2D eigenvalue weighted by atomic mass is 79.9. The summed E-state index contributed by atoms with van der Waals surface area (Å²) < 4.78 is 6.36. The highest BCUT2D eigenvalue weighted by Gasteiger charge is 2.15. The van der Waals surface area contributed by atoms with Crippen LogP contribution in [0.1, 0.15) is 17.3 Å². The number of halogens is 2. The lowest BCUT2D eigenvalue weighted by atomic mass is 10.1. The summed E-state index contributed by atoms with van der Waals surface area (Å²) in [5.41, 5.74) is 0.206. The van der Waals surface area contributed by atoms with E-state index in [2.05, 4.69) is 15.9 Å². The molecule has 7 heteroatoms. The molecule has 0 saturated carbocycles. The fourth-order valence-electron chi connectivity index (χ4n) is 1.70. The first-order valence-electron chi connectivity index (χ1n) is 5.81. The second-order valence-corrected chi connectivity index (χ2v) is 5.49. The molecule has 21 heavy (non-hydrogen) atoms. The third-order valence-corrected chi connectivity index (χ3v) is 3.46. The number of ether oxygens (including phenoxy) is 1. The standard InChI is InChI=1S/C14H9BrClNO4/c1-8(18)11-4-2-9(15)6-14(11)21-10-3-5-13(17(19)20)12(16)7-10/h2-7H,1H3. The number of nitro benzene ring substituents is 1. The number of carbonyl (C=O) groups is 1. The fourth-order valence-corrected chi connectivity index (χ4v) is 2.28. The minimum atomic E-state index is -0.577. The Bertz CT molecular complexity index is 733. The number of ketones is 1. The first-order chi connectivity index (χ1) is 9.88. The molecule has 0 fully saturated rings. The van der Waals surface area contributed by atoms with Crippen LogP contribution in [0.15, 0.2) is 40.9 Å². The van der Waals surface area contributed by atoms with Gasteiger partial charge in [0.1, 0.15) is 16.5 Å². The number of nitrogens with zero attached hydrogens (tertiary/aromatic N) is 1. The lowest BCUT2D eigenvalue weighted by Crippen LogP contribution is -1.97. The van der Waals surface area contributed by atoms with Crippen molar-refractivity contribution in [3.8, 4) is 11.5 Å². The first-order valence-corrected chi connectivity index (χ1v) is 6.98. The van der Waals surface area contributed by atoms with E-state index in [-0.39, 0.29) is 16.5 Å². The van der Waals surface area contributed by atoms with E-state index in [0.29, 0.717) is 17.1 Å². The molecule has 0 atom stereocenters. The van der Waals surface area contributed by atoms with Gasteiger partial charge in [-0.25, -0.2) is 0 Å². The summed E-state index contributed by atoms with van der Waals surface area (Å²) in [7, 11) is 0. The molecule has 0 aliphatic carbocycles. The Morgan fingerprint density at radius 1 is 1.29 bits per heavy atom. The SMILES string of the molecule is CC(=O)c1ccc(Br)cc1Oc1ccc([N+](=O)[O-])c(Cl)c1. The van der Waals surface area contributed by atoms with Crippen LogP contribution >= 0.6 is 27.5 Å². The van der Waals surface area contributed by atoms with Crippen LogP contribution in [0.5, 0.6) is 11.5 Å². The lowest BCUT2D eigenvalue weighted by Gasteiger charge is -2.10. The summed E-state index contributed by atoms with van der Waals surface area (Å²) in [6.07, 6.45) is 0. The second-order valence-electron chi connectivity index (χ2n) is 4.17.